The van der Waals surface area contributed by atoms with Crippen LogP contribution in [-0.4, -0.2) is 24.9 Å². The van der Waals surface area contributed by atoms with Gasteiger partial charge in [-0.1, -0.05) is 20.8 Å². The quantitative estimate of drug-likeness (QED) is 0.570. The second-order valence-electron chi connectivity index (χ2n) is 8.49. The molecule has 0 saturated heterocycles. The molecule has 2 fully saturated rings. The van der Waals surface area contributed by atoms with Crippen LogP contribution in [0.1, 0.15) is 85.5 Å². The molecule has 0 aromatic rings. The lowest BCUT2D eigenvalue weighted by atomic mass is 9.75. The van der Waals surface area contributed by atoms with E-state index in [1.807, 2.05) is 0 Å². The summed E-state index contributed by atoms with van der Waals surface area (Å²) in [6, 6.07) is 0. The molecule has 22 heavy (non-hydrogen) atoms. The molecule has 0 atom stereocenters. The molecule has 0 aromatic heterocycles. The molecule has 0 aliphatic heterocycles. The molecule has 0 bridgehead atoms. The van der Waals surface area contributed by atoms with Gasteiger partial charge >= 0.3 is 0 Å². The van der Waals surface area contributed by atoms with Crippen LogP contribution in [0.3, 0.4) is 0 Å². The van der Waals surface area contributed by atoms with E-state index < -0.39 is 0 Å². The molecule has 2 aliphatic rings. The van der Waals surface area contributed by atoms with Crippen molar-refractivity contribution < 1.29 is 9.47 Å². The summed E-state index contributed by atoms with van der Waals surface area (Å²) in [4.78, 5) is 0. The molecule has 0 heterocycles. The van der Waals surface area contributed by atoms with Crippen LogP contribution in [0.5, 0.6) is 0 Å². The van der Waals surface area contributed by atoms with Gasteiger partial charge in [-0.15, -0.1) is 0 Å². The van der Waals surface area contributed by atoms with Gasteiger partial charge in [-0.2, -0.15) is 0 Å². The maximum absolute atomic E-state index is 6.22. The van der Waals surface area contributed by atoms with Crippen LogP contribution >= 0.6 is 0 Å². The average molecular weight is 311 g/mol. The minimum atomic E-state index is 0.131. The Morgan fingerprint density at radius 2 is 1.59 bits per heavy atom. The minimum absolute atomic E-state index is 0.131. The third-order valence-electron chi connectivity index (χ3n) is 6.09. The van der Waals surface area contributed by atoms with Crippen LogP contribution in [0.15, 0.2) is 0 Å². The molecule has 2 aliphatic carbocycles. The first-order valence-corrected chi connectivity index (χ1v) is 9.74. The van der Waals surface area contributed by atoms with E-state index in [0.717, 1.165) is 37.4 Å². The van der Waals surface area contributed by atoms with Gasteiger partial charge in [-0.25, -0.2) is 0 Å². The van der Waals surface area contributed by atoms with Gasteiger partial charge in [-0.3, -0.25) is 0 Å². The van der Waals surface area contributed by atoms with Gasteiger partial charge in [-0.05, 0) is 82.5 Å². The first-order valence-electron chi connectivity index (χ1n) is 9.74. The molecule has 0 amide bonds. The molecule has 0 aromatic carbocycles. The summed E-state index contributed by atoms with van der Waals surface area (Å²) in [7, 11) is 0. The van der Waals surface area contributed by atoms with Crippen LogP contribution in [0, 0.1) is 17.8 Å². The SMILES string of the molecule is CC1CCC(OCCCOC2(C)CCC(C(C)C)CC2)CC1. The van der Waals surface area contributed by atoms with Crippen molar-refractivity contribution in [2.45, 2.75) is 97.2 Å². The highest BCUT2D eigenvalue weighted by molar-refractivity contribution is 4.84. The van der Waals surface area contributed by atoms with Crippen molar-refractivity contribution in [3.63, 3.8) is 0 Å². The highest BCUT2D eigenvalue weighted by Crippen LogP contribution is 2.37. The minimum Gasteiger partial charge on any atom is -0.378 e. The predicted octanol–water partition coefficient (Wildman–Crippen LogP) is 5.59. The fourth-order valence-corrected chi connectivity index (χ4v) is 4.09. The van der Waals surface area contributed by atoms with Gasteiger partial charge in [0.25, 0.3) is 0 Å². The predicted molar refractivity (Wildman–Crippen MR) is 93.1 cm³/mol. The van der Waals surface area contributed by atoms with Crippen LogP contribution in [0.25, 0.3) is 0 Å². The van der Waals surface area contributed by atoms with Gasteiger partial charge < -0.3 is 9.47 Å². The zero-order valence-corrected chi connectivity index (χ0v) is 15.4. The smallest absolute Gasteiger partial charge is 0.0654 e. The molecule has 0 radical (unpaired) electrons. The topological polar surface area (TPSA) is 18.5 Å². The summed E-state index contributed by atoms with van der Waals surface area (Å²) in [5.74, 6) is 2.65. The molecule has 2 saturated carbocycles. The van der Waals surface area contributed by atoms with Gasteiger partial charge in [0, 0.05) is 13.2 Å². The Bertz CT molecular complexity index is 297. The van der Waals surface area contributed by atoms with Crippen LogP contribution in [-0.2, 0) is 9.47 Å². The number of hydrogen-bond donors (Lipinski definition) is 0. The molecule has 2 rings (SSSR count). The molecule has 2 nitrogen and oxygen atoms in total. The largest absolute Gasteiger partial charge is 0.378 e. The Hall–Kier alpha value is -0.0800. The lowest BCUT2D eigenvalue weighted by Gasteiger charge is -2.38. The fraction of sp³-hybridized carbons (Fsp3) is 1.00. The van der Waals surface area contributed by atoms with E-state index >= 15 is 0 Å². The van der Waals surface area contributed by atoms with E-state index in [4.69, 9.17) is 9.47 Å². The summed E-state index contributed by atoms with van der Waals surface area (Å²) < 4.78 is 12.2. The monoisotopic (exact) mass is 310 g/mol. The third kappa shape index (κ3) is 5.85. The molecule has 2 heteroatoms. The van der Waals surface area contributed by atoms with Crippen molar-refractivity contribution in [1.29, 1.82) is 0 Å². The van der Waals surface area contributed by atoms with Crippen molar-refractivity contribution >= 4 is 0 Å². The van der Waals surface area contributed by atoms with Crippen molar-refractivity contribution in [2.24, 2.45) is 17.8 Å². The first-order chi connectivity index (χ1) is 10.5. The molecule has 0 N–H and O–H groups in total. The van der Waals surface area contributed by atoms with E-state index in [2.05, 4.69) is 27.7 Å². The maximum atomic E-state index is 6.22. The standard InChI is InChI=1S/C20H38O2/c1-16(2)18-10-12-20(4,13-11-18)22-15-5-14-21-19-8-6-17(3)7-9-19/h16-19H,5-15H2,1-4H3. The lowest BCUT2D eigenvalue weighted by Crippen LogP contribution is -2.35. The summed E-state index contributed by atoms with van der Waals surface area (Å²) in [5.41, 5.74) is 0.131. The Balaban J connectivity index is 1.53. The lowest BCUT2D eigenvalue weighted by molar-refractivity contribution is -0.0771. The second-order valence-corrected chi connectivity index (χ2v) is 8.49. The van der Waals surface area contributed by atoms with Gasteiger partial charge in [0.2, 0.25) is 0 Å². The van der Waals surface area contributed by atoms with E-state index in [1.54, 1.807) is 0 Å². The summed E-state index contributed by atoms with van der Waals surface area (Å²) >= 11 is 0. The van der Waals surface area contributed by atoms with E-state index in [1.165, 1.54) is 51.4 Å². The number of hydrogen-bond acceptors (Lipinski definition) is 2. The maximum Gasteiger partial charge on any atom is 0.0654 e. The third-order valence-corrected chi connectivity index (χ3v) is 6.09. The highest BCUT2D eigenvalue weighted by Gasteiger charge is 2.32. The van der Waals surface area contributed by atoms with Gasteiger partial charge in [0.05, 0.1) is 11.7 Å². The number of ether oxygens (including phenoxy) is 2. The second kappa shape index (κ2) is 8.68. The zero-order valence-electron chi connectivity index (χ0n) is 15.4. The van der Waals surface area contributed by atoms with Crippen molar-refractivity contribution in [3.05, 3.63) is 0 Å². The number of rotatable bonds is 7. The van der Waals surface area contributed by atoms with E-state index in [9.17, 15) is 0 Å². The Morgan fingerprint density at radius 1 is 0.955 bits per heavy atom. The van der Waals surface area contributed by atoms with Crippen LogP contribution < -0.4 is 0 Å². The first kappa shape index (κ1) is 18.3. The van der Waals surface area contributed by atoms with Crippen molar-refractivity contribution in [3.8, 4) is 0 Å². The summed E-state index contributed by atoms with van der Waals surface area (Å²) in [6.07, 6.45) is 11.9. The Labute approximate surface area is 138 Å². The van der Waals surface area contributed by atoms with E-state index in [0.29, 0.717) is 6.10 Å². The zero-order chi connectivity index (χ0) is 16.0. The molecular formula is C20H38O2. The molecule has 0 unspecified atom stereocenters. The summed E-state index contributed by atoms with van der Waals surface area (Å²) in [6.45, 7) is 11.1. The highest BCUT2D eigenvalue weighted by atomic mass is 16.5. The van der Waals surface area contributed by atoms with Gasteiger partial charge in [0.15, 0.2) is 0 Å². The fourth-order valence-electron chi connectivity index (χ4n) is 4.09. The van der Waals surface area contributed by atoms with E-state index in [-0.39, 0.29) is 5.60 Å². The van der Waals surface area contributed by atoms with Crippen LogP contribution in [0.4, 0.5) is 0 Å². The summed E-state index contributed by atoms with van der Waals surface area (Å²) in [5, 5.41) is 0. The average Bonchev–Trinajstić information content (AvgIpc) is 2.49. The molecular weight excluding hydrogens is 272 g/mol. The van der Waals surface area contributed by atoms with Gasteiger partial charge in [0.1, 0.15) is 0 Å². The Morgan fingerprint density at radius 3 is 2.18 bits per heavy atom. The normalized spacial score (nSPS) is 36.7. The van der Waals surface area contributed by atoms with Crippen molar-refractivity contribution in [1.82, 2.24) is 0 Å². The Kier molecular flexibility index (Phi) is 7.21. The molecule has 0 spiro atoms. The molecule has 130 valence electrons. The van der Waals surface area contributed by atoms with Crippen molar-refractivity contribution in [2.75, 3.05) is 13.2 Å². The van der Waals surface area contributed by atoms with Crippen LogP contribution in [0.2, 0.25) is 0 Å².